The molecule has 0 aliphatic carbocycles. The van der Waals surface area contributed by atoms with Gasteiger partial charge in [0, 0.05) is 12.1 Å². The molecule has 0 unspecified atom stereocenters. The Bertz CT molecular complexity index is 794. The van der Waals surface area contributed by atoms with Gasteiger partial charge in [-0.2, -0.15) is 0 Å². The van der Waals surface area contributed by atoms with Crippen LogP contribution in [0.25, 0.3) is 0 Å². The lowest BCUT2D eigenvalue weighted by atomic mass is 10.1. The van der Waals surface area contributed by atoms with Crippen molar-refractivity contribution in [1.29, 1.82) is 0 Å². The Kier molecular flexibility index (Phi) is 6.19. The van der Waals surface area contributed by atoms with Gasteiger partial charge in [0.2, 0.25) is 5.91 Å². The molecule has 0 bridgehead atoms. The summed E-state index contributed by atoms with van der Waals surface area (Å²) < 4.78 is 16.5. The Hall–Kier alpha value is -2.73. The number of benzene rings is 2. The second-order valence-electron chi connectivity index (χ2n) is 6.68. The molecular weight excluding hydrogens is 344 g/mol. The first-order chi connectivity index (χ1) is 13.1. The fraction of sp³-hybridized carbons (Fsp3) is 0.381. The number of carbonyl (C=O) groups excluding carboxylic acids is 1. The summed E-state index contributed by atoms with van der Waals surface area (Å²) in [5.74, 6) is 2.28. The normalized spacial score (nSPS) is 13.9. The molecule has 1 aliphatic heterocycles. The van der Waals surface area contributed by atoms with Crippen molar-refractivity contribution in [2.45, 2.75) is 19.5 Å². The van der Waals surface area contributed by atoms with Crippen molar-refractivity contribution in [3.05, 3.63) is 53.6 Å². The Morgan fingerprint density at radius 2 is 1.93 bits per heavy atom. The van der Waals surface area contributed by atoms with E-state index in [0.717, 1.165) is 28.4 Å². The van der Waals surface area contributed by atoms with Gasteiger partial charge in [-0.05, 0) is 37.7 Å². The third-order valence-corrected chi connectivity index (χ3v) is 4.46. The van der Waals surface area contributed by atoms with E-state index in [1.165, 1.54) is 0 Å². The number of fused-ring (bicyclic) bond motifs is 1. The third-order valence-electron chi connectivity index (χ3n) is 4.46. The van der Waals surface area contributed by atoms with Crippen LogP contribution in [0.1, 0.15) is 24.1 Å². The number of carbonyl (C=O) groups is 1. The van der Waals surface area contributed by atoms with Gasteiger partial charge in [0.1, 0.15) is 19.0 Å². The van der Waals surface area contributed by atoms with E-state index in [2.05, 4.69) is 5.32 Å². The molecule has 0 saturated heterocycles. The van der Waals surface area contributed by atoms with Crippen LogP contribution in [-0.2, 0) is 11.3 Å². The highest BCUT2D eigenvalue weighted by atomic mass is 16.6. The number of para-hydroxylation sites is 1. The van der Waals surface area contributed by atoms with Crippen LogP contribution in [0.3, 0.4) is 0 Å². The molecule has 0 aromatic heterocycles. The fourth-order valence-electron chi connectivity index (χ4n) is 3.19. The fourth-order valence-corrected chi connectivity index (χ4v) is 3.19. The minimum Gasteiger partial charge on any atom is -0.496 e. The molecule has 1 N–H and O–H groups in total. The van der Waals surface area contributed by atoms with Crippen molar-refractivity contribution in [1.82, 2.24) is 10.2 Å². The van der Waals surface area contributed by atoms with Crippen LogP contribution in [-0.4, -0.2) is 44.7 Å². The van der Waals surface area contributed by atoms with Gasteiger partial charge >= 0.3 is 0 Å². The highest BCUT2D eigenvalue weighted by Crippen LogP contribution is 2.31. The number of hydrogen-bond donors (Lipinski definition) is 1. The summed E-state index contributed by atoms with van der Waals surface area (Å²) in [5, 5.41) is 3.03. The molecule has 2 aromatic carbocycles. The number of hydrogen-bond acceptors (Lipinski definition) is 5. The number of nitrogens with zero attached hydrogens (tertiary/aromatic N) is 1. The van der Waals surface area contributed by atoms with E-state index in [0.29, 0.717) is 26.3 Å². The number of nitrogens with one attached hydrogen (secondary N) is 1. The van der Waals surface area contributed by atoms with Gasteiger partial charge in [-0.1, -0.05) is 24.3 Å². The molecule has 1 atom stereocenters. The van der Waals surface area contributed by atoms with E-state index in [9.17, 15) is 4.79 Å². The largest absolute Gasteiger partial charge is 0.496 e. The van der Waals surface area contributed by atoms with Gasteiger partial charge in [0.05, 0.1) is 19.7 Å². The van der Waals surface area contributed by atoms with Gasteiger partial charge in [0.15, 0.2) is 11.5 Å². The average Bonchev–Trinajstić information content (AvgIpc) is 2.67. The second-order valence-corrected chi connectivity index (χ2v) is 6.68. The molecule has 2 aromatic rings. The minimum atomic E-state index is -0.128. The van der Waals surface area contributed by atoms with Crippen molar-refractivity contribution < 1.29 is 19.0 Å². The summed E-state index contributed by atoms with van der Waals surface area (Å²) >= 11 is 0. The van der Waals surface area contributed by atoms with E-state index in [4.69, 9.17) is 14.2 Å². The smallest absolute Gasteiger partial charge is 0.234 e. The van der Waals surface area contributed by atoms with Gasteiger partial charge in [-0.25, -0.2) is 0 Å². The molecular formula is C21H26N2O4. The second kappa shape index (κ2) is 8.77. The van der Waals surface area contributed by atoms with E-state index in [-0.39, 0.29) is 11.9 Å². The van der Waals surface area contributed by atoms with Crippen LogP contribution in [0.5, 0.6) is 17.2 Å². The number of ether oxygens (including phenoxy) is 3. The third kappa shape index (κ3) is 4.92. The van der Waals surface area contributed by atoms with Crippen LogP contribution in [0.2, 0.25) is 0 Å². The molecule has 27 heavy (non-hydrogen) atoms. The van der Waals surface area contributed by atoms with Crippen molar-refractivity contribution in [3.63, 3.8) is 0 Å². The van der Waals surface area contributed by atoms with E-state index >= 15 is 0 Å². The predicted octanol–water partition coefficient (Wildman–Crippen LogP) is 2.78. The molecule has 6 nitrogen and oxygen atoms in total. The molecule has 6 heteroatoms. The first kappa shape index (κ1) is 19.0. The van der Waals surface area contributed by atoms with Gasteiger partial charge in [-0.3, -0.25) is 9.69 Å². The lowest BCUT2D eigenvalue weighted by molar-refractivity contribution is -0.122. The topological polar surface area (TPSA) is 60.0 Å². The summed E-state index contributed by atoms with van der Waals surface area (Å²) in [6, 6.07) is 13.5. The molecule has 0 saturated carbocycles. The summed E-state index contributed by atoms with van der Waals surface area (Å²) in [4.78, 5) is 14.4. The molecule has 1 amide bonds. The molecule has 0 spiro atoms. The Morgan fingerprint density at radius 1 is 1.19 bits per heavy atom. The van der Waals surface area contributed by atoms with Gasteiger partial charge < -0.3 is 19.5 Å². The number of likely N-dealkylation sites (N-methyl/N-ethyl adjacent to an activating group) is 1. The zero-order chi connectivity index (χ0) is 19.2. The molecule has 1 heterocycles. The summed E-state index contributed by atoms with van der Waals surface area (Å²) in [6.07, 6.45) is 0. The maximum Gasteiger partial charge on any atom is 0.234 e. The van der Waals surface area contributed by atoms with Crippen molar-refractivity contribution >= 4 is 5.91 Å². The first-order valence-electron chi connectivity index (χ1n) is 9.06. The molecule has 1 aliphatic rings. The maximum absolute atomic E-state index is 12.4. The first-order valence-corrected chi connectivity index (χ1v) is 9.06. The van der Waals surface area contributed by atoms with Gasteiger partial charge in [0.25, 0.3) is 0 Å². The lowest BCUT2D eigenvalue weighted by Crippen LogP contribution is -2.36. The summed E-state index contributed by atoms with van der Waals surface area (Å²) in [5.41, 5.74) is 2.04. The highest BCUT2D eigenvalue weighted by Gasteiger charge is 2.16. The highest BCUT2D eigenvalue weighted by molar-refractivity contribution is 5.78. The Morgan fingerprint density at radius 3 is 2.70 bits per heavy atom. The molecule has 0 fully saturated rings. The van der Waals surface area contributed by atoms with Crippen molar-refractivity contribution in [2.24, 2.45) is 0 Å². The summed E-state index contributed by atoms with van der Waals surface area (Å²) in [7, 11) is 3.55. The standard InChI is InChI=1S/C21H26N2O4/c1-15(17-6-4-5-7-18(17)25-3)22-21(24)14-23(2)13-16-8-9-19-20(12-16)27-11-10-26-19/h4-9,12,15H,10-11,13-14H2,1-3H3,(H,22,24)/t15-/m1/s1. The number of amides is 1. The zero-order valence-corrected chi connectivity index (χ0v) is 16.0. The van der Waals surface area contributed by atoms with Crippen molar-refractivity contribution in [3.8, 4) is 17.2 Å². The van der Waals surface area contributed by atoms with Crippen LogP contribution in [0, 0.1) is 0 Å². The van der Waals surface area contributed by atoms with Crippen LogP contribution in [0.15, 0.2) is 42.5 Å². The van der Waals surface area contributed by atoms with Crippen LogP contribution >= 0.6 is 0 Å². The Balaban J connectivity index is 1.54. The average molecular weight is 370 g/mol. The minimum absolute atomic E-state index is 0.0338. The SMILES string of the molecule is COc1ccccc1[C@@H](C)NC(=O)CN(C)Cc1ccc2c(c1)OCCO2. The van der Waals surface area contributed by atoms with Gasteiger partial charge in [-0.15, -0.1) is 0 Å². The molecule has 144 valence electrons. The van der Waals surface area contributed by atoms with E-state index in [1.54, 1.807) is 7.11 Å². The van der Waals surface area contributed by atoms with Crippen LogP contribution < -0.4 is 19.5 Å². The van der Waals surface area contributed by atoms with E-state index < -0.39 is 0 Å². The molecule has 3 rings (SSSR count). The van der Waals surface area contributed by atoms with Crippen LogP contribution in [0.4, 0.5) is 0 Å². The molecule has 0 radical (unpaired) electrons. The Labute approximate surface area is 160 Å². The quantitative estimate of drug-likeness (QED) is 0.812. The monoisotopic (exact) mass is 370 g/mol. The predicted molar refractivity (Wildman–Crippen MR) is 103 cm³/mol. The zero-order valence-electron chi connectivity index (χ0n) is 16.0. The van der Waals surface area contributed by atoms with Crippen molar-refractivity contribution in [2.75, 3.05) is 33.9 Å². The number of methoxy groups -OCH3 is 1. The number of rotatable bonds is 7. The maximum atomic E-state index is 12.4. The lowest BCUT2D eigenvalue weighted by Gasteiger charge is -2.22. The van der Waals surface area contributed by atoms with E-state index in [1.807, 2.05) is 61.3 Å². The summed E-state index contributed by atoms with van der Waals surface area (Å²) in [6.45, 7) is 4.05.